The summed E-state index contributed by atoms with van der Waals surface area (Å²) in [6, 6.07) is 26.9. The van der Waals surface area contributed by atoms with Crippen LogP contribution >= 0.6 is 0 Å². The predicted molar refractivity (Wildman–Crippen MR) is 176 cm³/mol. The van der Waals surface area contributed by atoms with E-state index in [4.69, 9.17) is 15.7 Å². The lowest BCUT2D eigenvalue weighted by Gasteiger charge is -2.40. The molecule has 6 aromatic rings. The van der Waals surface area contributed by atoms with Crippen molar-refractivity contribution in [2.75, 3.05) is 36.8 Å². The van der Waals surface area contributed by atoms with Gasteiger partial charge in [0.1, 0.15) is 24.0 Å². The quantitative estimate of drug-likeness (QED) is 0.270. The van der Waals surface area contributed by atoms with E-state index in [2.05, 4.69) is 70.7 Å². The molecule has 0 bridgehead atoms. The zero-order valence-corrected chi connectivity index (χ0v) is 25.0. The average molecular weight is 595 g/mol. The van der Waals surface area contributed by atoms with Crippen LogP contribution in [0.25, 0.3) is 39.5 Å². The van der Waals surface area contributed by atoms with Crippen molar-refractivity contribution in [1.82, 2.24) is 39.4 Å². The van der Waals surface area contributed by atoms with Crippen molar-refractivity contribution >= 4 is 22.9 Å². The lowest BCUT2D eigenvalue weighted by Crippen LogP contribution is -2.45. The van der Waals surface area contributed by atoms with E-state index >= 15 is 0 Å². The van der Waals surface area contributed by atoms with E-state index in [0.717, 1.165) is 84.6 Å². The minimum atomic E-state index is 0.279. The molecule has 0 aliphatic carbocycles. The van der Waals surface area contributed by atoms with Crippen molar-refractivity contribution < 1.29 is 0 Å². The third-order valence-corrected chi connectivity index (χ3v) is 9.20. The minimum Gasteiger partial charge on any atom is -0.383 e. The third kappa shape index (κ3) is 5.27. The highest BCUT2D eigenvalue weighted by Gasteiger charge is 2.41. The molecular weight excluding hydrogens is 560 g/mol. The van der Waals surface area contributed by atoms with Gasteiger partial charge in [-0.1, -0.05) is 42.5 Å². The van der Waals surface area contributed by atoms with Crippen molar-refractivity contribution in [2.45, 2.75) is 25.8 Å². The second kappa shape index (κ2) is 11.4. The highest BCUT2D eigenvalue weighted by atomic mass is 15.3. The van der Waals surface area contributed by atoms with Crippen LogP contribution in [0.2, 0.25) is 0 Å². The molecule has 10 heteroatoms. The summed E-state index contributed by atoms with van der Waals surface area (Å²) in [6.45, 7) is 5.09. The molecule has 8 rings (SSSR count). The smallest absolute Gasteiger partial charge is 0.228 e. The van der Waals surface area contributed by atoms with Gasteiger partial charge in [0.25, 0.3) is 0 Å². The van der Waals surface area contributed by atoms with Crippen molar-refractivity contribution in [3.05, 3.63) is 103 Å². The van der Waals surface area contributed by atoms with Gasteiger partial charge in [0.2, 0.25) is 5.95 Å². The number of imidazole rings is 1. The van der Waals surface area contributed by atoms with Gasteiger partial charge in [0.05, 0.1) is 11.3 Å². The van der Waals surface area contributed by atoms with Gasteiger partial charge in [-0.25, -0.2) is 29.9 Å². The monoisotopic (exact) mass is 594 g/mol. The first-order chi connectivity index (χ1) is 22.1. The normalized spacial score (nSPS) is 18.6. The van der Waals surface area contributed by atoms with Crippen LogP contribution in [-0.4, -0.2) is 65.5 Å². The summed E-state index contributed by atoms with van der Waals surface area (Å²) in [6.07, 6.45) is 8.49. The number of likely N-dealkylation sites (tertiary alicyclic amines) is 1. The van der Waals surface area contributed by atoms with Gasteiger partial charge in [-0.2, -0.15) is 0 Å². The Balaban J connectivity index is 1.08. The molecule has 2 saturated heterocycles. The zero-order valence-electron chi connectivity index (χ0n) is 25.0. The largest absolute Gasteiger partial charge is 0.383 e. The lowest BCUT2D eigenvalue weighted by molar-refractivity contribution is 0.215. The number of aromatic nitrogens is 7. The summed E-state index contributed by atoms with van der Waals surface area (Å²) in [5, 5.41) is 0. The summed E-state index contributed by atoms with van der Waals surface area (Å²) in [4.78, 5) is 32.2. The van der Waals surface area contributed by atoms with E-state index in [1.165, 1.54) is 18.4 Å². The second-order valence-corrected chi connectivity index (χ2v) is 12.2. The van der Waals surface area contributed by atoms with Crippen molar-refractivity contribution in [3.63, 3.8) is 0 Å². The molecule has 10 nitrogen and oxygen atoms in total. The van der Waals surface area contributed by atoms with E-state index in [0.29, 0.717) is 5.82 Å². The molecule has 2 N–H and O–H groups in total. The summed E-state index contributed by atoms with van der Waals surface area (Å²) < 4.78 is 2.10. The fourth-order valence-corrected chi connectivity index (χ4v) is 7.04. The molecule has 2 fully saturated rings. The molecule has 4 aromatic heterocycles. The fraction of sp³-hybridized carbons (Fsp3) is 0.257. The maximum Gasteiger partial charge on any atom is 0.228 e. The van der Waals surface area contributed by atoms with E-state index in [1.807, 2.05) is 42.5 Å². The van der Waals surface area contributed by atoms with Crippen LogP contribution in [-0.2, 0) is 6.54 Å². The Morgan fingerprint density at radius 1 is 0.778 bits per heavy atom. The number of hydrogen-bond donors (Lipinski definition) is 1. The van der Waals surface area contributed by atoms with E-state index in [-0.39, 0.29) is 5.41 Å². The first-order valence-electron chi connectivity index (χ1n) is 15.5. The van der Waals surface area contributed by atoms with Crippen molar-refractivity contribution in [3.8, 4) is 28.3 Å². The Labute approximate surface area is 261 Å². The van der Waals surface area contributed by atoms with Gasteiger partial charge in [0, 0.05) is 49.0 Å². The fourth-order valence-electron chi connectivity index (χ4n) is 7.04. The first kappa shape index (κ1) is 27.3. The maximum absolute atomic E-state index is 6.36. The lowest BCUT2D eigenvalue weighted by atomic mass is 9.79. The maximum atomic E-state index is 6.36. The predicted octanol–water partition coefficient (Wildman–Crippen LogP) is 5.41. The Morgan fingerprint density at radius 3 is 2.44 bits per heavy atom. The first-order valence-corrected chi connectivity index (χ1v) is 15.5. The molecule has 0 amide bonds. The average Bonchev–Trinajstić information content (AvgIpc) is 3.66. The van der Waals surface area contributed by atoms with E-state index in [1.54, 1.807) is 18.9 Å². The molecule has 0 saturated carbocycles. The number of pyridine rings is 2. The van der Waals surface area contributed by atoms with Crippen LogP contribution in [0, 0.1) is 5.41 Å². The molecule has 45 heavy (non-hydrogen) atoms. The summed E-state index contributed by atoms with van der Waals surface area (Å²) >= 11 is 0. The topological polar surface area (TPSA) is 115 Å². The van der Waals surface area contributed by atoms with Crippen molar-refractivity contribution in [1.29, 1.82) is 0 Å². The second-order valence-electron chi connectivity index (χ2n) is 12.2. The van der Waals surface area contributed by atoms with E-state index in [9.17, 15) is 0 Å². The molecule has 2 aliphatic heterocycles. The van der Waals surface area contributed by atoms with Crippen LogP contribution in [0.1, 0.15) is 24.8 Å². The third-order valence-electron chi connectivity index (χ3n) is 9.20. The molecule has 6 heterocycles. The molecule has 2 aliphatic rings. The van der Waals surface area contributed by atoms with Crippen molar-refractivity contribution in [2.24, 2.45) is 5.41 Å². The SMILES string of the molecule is Nc1ncccc1-c1nc2ccc(-c3ccccc3)nc2n1-c1ccc(CN2CCC3(CCCN(c4ncncn4)C3)C2)cc1. The Morgan fingerprint density at radius 2 is 1.62 bits per heavy atom. The van der Waals surface area contributed by atoms with Crippen LogP contribution < -0.4 is 10.6 Å². The number of fused-ring (bicyclic) bond motifs is 1. The Bertz CT molecular complexity index is 1940. The van der Waals surface area contributed by atoms with Gasteiger partial charge in [0.15, 0.2) is 11.5 Å². The van der Waals surface area contributed by atoms with Gasteiger partial charge < -0.3 is 10.6 Å². The molecule has 0 radical (unpaired) electrons. The van der Waals surface area contributed by atoms with Crippen LogP contribution in [0.4, 0.5) is 11.8 Å². The minimum absolute atomic E-state index is 0.279. The summed E-state index contributed by atoms with van der Waals surface area (Å²) in [5.41, 5.74) is 13.2. The number of nitrogens with two attached hydrogens (primary N) is 1. The molecule has 1 spiro atoms. The standard InChI is InChI=1S/C35H34N10/c36-31-28(8-4-17-38-31)32-42-30-14-13-29(26-6-2-1-3-7-26)41-33(30)45(32)27-11-9-25(10-12-27)20-43-19-16-35(21-43)15-5-18-44(22-35)34-39-23-37-24-40-34/h1-4,6-14,17,23-24H,5,15-16,18-22H2,(H2,36,38). The molecule has 2 aromatic carbocycles. The number of nitrogen functional groups attached to an aromatic ring is 1. The highest BCUT2D eigenvalue weighted by molar-refractivity contribution is 5.84. The molecule has 1 unspecified atom stereocenters. The number of anilines is 2. The number of rotatable bonds is 6. The van der Waals surface area contributed by atoms with Gasteiger partial charge in [-0.3, -0.25) is 9.47 Å². The van der Waals surface area contributed by atoms with Gasteiger partial charge >= 0.3 is 0 Å². The van der Waals surface area contributed by atoms with Gasteiger partial charge in [-0.15, -0.1) is 0 Å². The summed E-state index contributed by atoms with van der Waals surface area (Å²) in [5.74, 6) is 1.96. The highest BCUT2D eigenvalue weighted by Crippen LogP contribution is 2.40. The van der Waals surface area contributed by atoms with Crippen LogP contribution in [0.3, 0.4) is 0 Å². The molecule has 1 atom stereocenters. The Kier molecular flexibility index (Phi) is 6.91. The zero-order chi connectivity index (χ0) is 30.2. The van der Waals surface area contributed by atoms with Crippen LogP contribution in [0.5, 0.6) is 0 Å². The van der Waals surface area contributed by atoms with Crippen LogP contribution in [0.15, 0.2) is 97.7 Å². The number of piperidine rings is 1. The van der Waals surface area contributed by atoms with E-state index < -0.39 is 0 Å². The number of benzene rings is 2. The summed E-state index contributed by atoms with van der Waals surface area (Å²) in [7, 11) is 0. The molecular formula is C35H34N10. The number of hydrogen-bond acceptors (Lipinski definition) is 9. The Hall–Kier alpha value is -5.22. The van der Waals surface area contributed by atoms with Gasteiger partial charge in [-0.05, 0) is 67.8 Å². The number of nitrogens with zero attached hydrogens (tertiary/aromatic N) is 9. The molecule has 224 valence electrons.